The van der Waals surface area contributed by atoms with Crippen LogP contribution < -0.4 is 9.80 Å². The normalized spacial score (nSPS) is 17.4. The zero-order valence-corrected chi connectivity index (χ0v) is 17.7. The highest BCUT2D eigenvalue weighted by Gasteiger charge is 2.25. The van der Waals surface area contributed by atoms with Gasteiger partial charge in [0.1, 0.15) is 11.6 Å². The lowest BCUT2D eigenvalue weighted by molar-refractivity contribution is -0.130. The fourth-order valence-corrected chi connectivity index (χ4v) is 3.98. The van der Waals surface area contributed by atoms with Gasteiger partial charge >= 0.3 is 0 Å². The molecule has 0 unspecified atom stereocenters. The number of halogens is 2. The second kappa shape index (κ2) is 9.14. The molecule has 3 heterocycles. The molecule has 2 aliphatic rings. The number of nitrogens with zero attached hydrogens (tertiary/aromatic N) is 5. The minimum absolute atomic E-state index is 0.0341. The predicted octanol–water partition coefficient (Wildman–Crippen LogP) is 2.31. The topological polar surface area (TPSA) is 61.8 Å². The molecule has 2 saturated heterocycles. The maximum atomic E-state index is 14.0. The van der Waals surface area contributed by atoms with Crippen molar-refractivity contribution in [2.24, 2.45) is 0 Å². The Morgan fingerprint density at radius 3 is 2.53 bits per heavy atom. The lowest BCUT2D eigenvalue weighted by atomic mass is 10.1. The number of rotatable bonds is 4. The Bertz CT molecular complexity index is 894. The molecule has 2 aromatic rings. The highest BCUT2D eigenvalue weighted by molar-refractivity contribution is 6.31. The number of piperazine rings is 1. The first kappa shape index (κ1) is 20.8. The molecule has 30 heavy (non-hydrogen) atoms. The van der Waals surface area contributed by atoms with E-state index in [9.17, 15) is 9.18 Å². The van der Waals surface area contributed by atoms with Crippen LogP contribution in [0.4, 0.5) is 16.2 Å². The third kappa shape index (κ3) is 4.65. The summed E-state index contributed by atoms with van der Waals surface area (Å²) in [6.07, 6.45) is -0.0341. The molecule has 0 bridgehead atoms. The van der Waals surface area contributed by atoms with Crippen molar-refractivity contribution in [3.8, 4) is 0 Å². The summed E-state index contributed by atoms with van der Waals surface area (Å²) in [5.74, 6) is 1.02. The molecule has 0 saturated carbocycles. The lowest BCUT2D eigenvalue weighted by Gasteiger charge is -2.35. The highest BCUT2D eigenvalue weighted by atomic mass is 35.5. The summed E-state index contributed by atoms with van der Waals surface area (Å²) in [7, 11) is 0. The monoisotopic (exact) mass is 433 g/mol. The van der Waals surface area contributed by atoms with E-state index in [0.29, 0.717) is 45.3 Å². The number of carbonyl (C=O) groups excluding carboxylic acids is 1. The van der Waals surface area contributed by atoms with Crippen molar-refractivity contribution in [3.05, 3.63) is 46.4 Å². The number of morpholine rings is 1. The summed E-state index contributed by atoms with van der Waals surface area (Å²) in [5.41, 5.74) is 1.16. The van der Waals surface area contributed by atoms with Crippen LogP contribution in [0.2, 0.25) is 5.02 Å². The average molecular weight is 434 g/mol. The van der Waals surface area contributed by atoms with Gasteiger partial charge in [-0.15, -0.1) is 0 Å². The van der Waals surface area contributed by atoms with E-state index in [-0.39, 0.29) is 22.9 Å². The van der Waals surface area contributed by atoms with Crippen LogP contribution in [0.5, 0.6) is 0 Å². The standard InChI is InChI=1S/C21H25ClFN5O2/c1-15-13-19(26-9-11-30-12-10-26)25-21(24-15)28-7-5-27(6-8-28)20(29)14-16-17(22)3-2-4-18(16)23/h2-4,13H,5-12,14H2,1H3. The molecule has 1 aromatic carbocycles. The number of amides is 1. The van der Waals surface area contributed by atoms with Crippen LogP contribution in [0.1, 0.15) is 11.3 Å². The zero-order valence-electron chi connectivity index (χ0n) is 17.0. The van der Waals surface area contributed by atoms with Gasteiger partial charge in [-0.25, -0.2) is 9.37 Å². The molecule has 0 radical (unpaired) electrons. The number of hydrogen-bond donors (Lipinski definition) is 0. The van der Waals surface area contributed by atoms with E-state index in [0.717, 1.165) is 24.6 Å². The van der Waals surface area contributed by atoms with Gasteiger partial charge in [-0.1, -0.05) is 17.7 Å². The Hall–Kier alpha value is -2.45. The number of aryl methyl sites for hydroxylation is 1. The molecule has 0 N–H and O–H groups in total. The van der Waals surface area contributed by atoms with Crippen molar-refractivity contribution in [1.82, 2.24) is 14.9 Å². The number of hydrogen-bond acceptors (Lipinski definition) is 6. The number of ether oxygens (including phenoxy) is 1. The summed E-state index contributed by atoms with van der Waals surface area (Å²) in [4.78, 5) is 28.1. The lowest BCUT2D eigenvalue weighted by Crippen LogP contribution is -2.50. The van der Waals surface area contributed by atoms with E-state index in [4.69, 9.17) is 21.3 Å². The Morgan fingerprint density at radius 1 is 1.10 bits per heavy atom. The number of benzene rings is 1. The van der Waals surface area contributed by atoms with Crippen LogP contribution in [-0.2, 0) is 16.0 Å². The van der Waals surface area contributed by atoms with Crippen molar-refractivity contribution in [2.45, 2.75) is 13.3 Å². The second-order valence-corrected chi connectivity index (χ2v) is 7.92. The number of carbonyl (C=O) groups is 1. The summed E-state index contributed by atoms with van der Waals surface area (Å²) < 4.78 is 19.4. The van der Waals surface area contributed by atoms with Gasteiger partial charge in [0, 0.05) is 61.6 Å². The van der Waals surface area contributed by atoms with E-state index in [2.05, 4.69) is 14.8 Å². The molecule has 0 aliphatic carbocycles. The SMILES string of the molecule is Cc1cc(N2CCOCC2)nc(N2CCN(C(=O)Cc3c(F)cccc3Cl)CC2)n1. The van der Waals surface area contributed by atoms with Crippen LogP contribution in [0.25, 0.3) is 0 Å². The van der Waals surface area contributed by atoms with Gasteiger partial charge in [0.15, 0.2) is 0 Å². The molecule has 1 aromatic heterocycles. The molecule has 2 fully saturated rings. The first-order valence-electron chi connectivity index (χ1n) is 10.2. The first-order chi connectivity index (χ1) is 14.5. The summed E-state index contributed by atoms with van der Waals surface area (Å²) in [5, 5.41) is 0.283. The van der Waals surface area contributed by atoms with Crippen LogP contribution in [0, 0.1) is 12.7 Å². The summed E-state index contributed by atoms with van der Waals surface area (Å²) in [6.45, 7) is 7.33. The minimum atomic E-state index is -0.446. The molecule has 7 nitrogen and oxygen atoms in total. The molecular weight excluding hydrogens is 409 g/mol. The molecule has 0 atom stereocenters. The third-order valence-electron chi connectivity index (χ3n) is 5.47. The first-order valence-corrected chi connectivity index (χ1v) is 10.5. The largest absolute Gasteiger partial charge is 0.378 e. The van der Waals surface area contributed by atoms with Gasteiger partial charge in [-0.05, 0) is 19.1 Å². The smallest absolute Gasteiger partial charge is 0.227 e. The van der Waals surface area contributed by atoms with E-state index in [1.165, 1.54) is 12.1 Å². The number of aromatic nitrogens is 2. The van der Waals surface area contributed by atoms with Crippen molar-refractivity contribution >= 4 is 29.3 Å². The van der Waals surface area contributed by atoms with Gasteiger partial charge in [0.25, 0.3) is 0 Å². The minimum Gasteiger partial charge on any atom is -0.378 e. The third-order valence-corrected chi connectivity index (χ3v) is 5.82. The van der Waals surface area contributed by atoms with Crippen LogP contribution in [0.3, 0.4) is 0 Å². The van der Waals surface area contributed by atoms with Crippen molar-refractivity contribution in [2.75, 3.05) is 62.3 Å². The summed E-state index contributed by atoms with van der Waals surface area (Å²) in [6, 6.07) is 6.46. The van der Waals surface area contributed by atoms with E-state index < -0.39 is 5.82 Å². The van der Waals surface area contributed by atoms with Gasteiger partial charge in [0.2, 0.25) is 11.9 Å². The van der Waals surface area contributed by atoms with Crippen LogP contribution in [-0.4, -0.2) is 73.3 Å². The molecule has 2 aliphatic heterocycles. The molecule has 0 spiro atoms. The van der Waals surface area contributed by atoms with Crippen molar-refractivity contribution in [3.63, 3.8) is 0 Å². The molecule has 160 valence electrons. The Balaban J connectivity index is 1.39. The van der Waals surface area contributed by atoms with Crippen molar-refractivity contribution in [1.29, 1.82) is 0 Å². The number of anilines is 2. The average Bonchev–Trinajstić information content (AvgIpc) is 2.76. The second-order valence-electron chi connectivity index (χ2n) is 7.51. The van der Waals surface area contributed by atoms with E-state index in [1.807, 2.05) is 13.0 Å². The molecular formula is C21H25ClFN5O2. The maximum Gasteiger partial charge on any atom is 0.227 e. The fraction of sp³-hybridized carbons (Fsp3) is 0.476. The van der Waals surface area contributed by atoms with Gasteiger partial charge in [0.05, 0.1) is 19.6 Å². The van der Waals surface area contributed by atoms with Gasteiger partial charge in [-0.3, -0.25) is 4.79 Å². The Labute approximate surface area is 180 Å². The predicted molar refractivity (Wildman–Crippen MR) is 114 cm³/mol. The Morgan fingerprint density at radius 2 is 1.83 bits per heavy atom. The van der Waals surface area contributed by atoms with Crippen LogP contribution >= 0.6 is 11.6 Å². The maximum absolute atomic E-state index is 14.0. The van der Waals surface area contributed by atoms with Crippen molar-refractivity contribution < 1.29 is 13.9 Å². The Kier molecular flexibility index (Phi) is 6.34. The van der Waals surface area contributed by atoms with Gasteiger partial charge in [-0.2, -0.15) is 4.98 Å². The zero-order chi connectivity index (χ0) is 21.1. The fourth-order valence-electron chi connectivity index (χ4n) is 3.75. The van der Waals surface area contributed by atoms with Crippen LogP contribution in [0.15, 0.2) is 24.3 Å². The van der Waals surface area contributed by atoms with E-state index in [1.54, 1.807) is 11.0 Å². The summed E-state index contributed by atoms with van der Waals surface area (Å²) >= 11 is 6.06. The van der Waals surface area contributed by atoms with E-state index >= 15 is 0 Å². The molecule has 1 amide bonds. The molecule has 9 heteroatoms. The quantitative estimate of drug-likeness (QED) is 0.737. The van der Waals surface area contributed by atoms with Gasteiger partial charge < -0.3 is 19.4 Å². The highest BCUT2D eigenvalue weighted by Crippen LogP contribution is 2.22. The molecule has 4 rings (SSSR count).